The van der Waals surface area contributed by atoms with E-state index in [-0.39, 0.29) is 24.7 Å². The van der Waals surface area contributed by atoms with Crippen molar-refractivity contribution in [2.45, 2.75) is 13.8 Å². The molecule has 1 N–H and O–H groups in total. The molecule has 0 amide bonds. The topological polar surface area (TPSA) is 54.4 Å². The Bertz CT molecular complexity index is 195. The lowest BCUT2D eigenvalue weighted by Gasteiger charge is -2.11. The molecule has 0 aliphatic carbocycles. The van der Waals surface area contributed by atoms with Crippen molar-refractivity contribution in [1.82, 2.24) is 0 Å². The molecule has 2 unspecified atom stereocenters. The molecule has 0 aliphatic heterocycles. The fraction of sp³-hybridized carbons (Fsp3) is 0.833. The predicted molar refractivity (Wildman–Crippen MR) is 52.5 cm³/mol. The van der Waals surface area contributed by atoms with E-state index in [4.69, 9.17) is 16.5 Å². The molecule has 0 radical (unpaired) electrons. The van der Waals surface area contributed by atoms with Gasteiger partial charge in [0.2, 0.25) is 12.6 Å². The number of hydrogen-bond acceptors (Lipinski definition) is 2. The summed E-state index contributed by atoms with van der Waals surface area (Å²) in [6, 6.07) is 0. The van der Waals surface area contributed by atoms with Gasteiger partial charge >= 0.3 is 0 Å². The van der Waals surface area contributed by atoms with Gasteiger partial charge in [0.25, 0.3) is 0 Å². The van der Waals surface area contributed by atoms with Crippen molar-refractivity contribution >= 4 is 36.6 Å². The molecular weight excluding hydrogens is 222 g/mol. The van der Waals surface area contributed by atoms with Crippen LogP contribution in [0.1, 0.15) is 13.8 Å². The smallest absolute Gasteiger partial charge is 0.224 e. The molecule has 0 fully saturated rings. The molecule has 0 saturated heterocycles. The van der Waals surface area contributed by atoms with Crippen molar-refractivity contribution in [2.24, 2.45) is 5.92 Å². The molecule has 0 aromatic heterocycles. The number of carbonyl (C=O) groups excluding carboxylic acids is 1. The Kier molecular flexibility index (Phi) is 7.44. The van der Waals surface area contributed by atoms with Gasteiger partial charge in [-0.2, -0.15) is 0 Å². The van der Waals surface area contributed by atoms with Crippen molar-refractivity contribution in [3.8, 4) is 0 Å². The lowest BCUT2D eigenvalue weighted by Crippen LogP contribution is -2.10. The summed E-state index contributed by atoms with van der Waals surface area (Å²) in [7, 11) is -3.09. The summed E-state index contributed by atoms with van der Waals surface area (Å²) in [4.78, 5) is 19.6. The summed E-state index contributed by atoms with van der Waals surface area (Å²) in [6.07, 6.45) is 0.188. The monoisotopic (exact) mass is 234 g/mol. The van der Waals surface area contributed by atoms with Crippen molar-refractivity contribution in [3.63, 3.8) is 0 Å². The first-order valence-corrected chi connectivity index (χ1v) is 5.80. The minimum Gasteiger partial charge on any atom is -0.344 e. The zero-order valence-corrected chi connectivity index (χ0v) is 9.46. The van der Waals surface area contributed by atoms with E-state index in [2.05, 4.69) is 0 Å². The largest absolute Gasteiger partial charge is 0.344 e. The normalized spacial score (nSPS) is 17.3. The molecule has 0 aliphatic rings. The zero-order chi connectivity index (χ0) is 9.07. The molecule has 0 rings (SSSR count). The summed E-state index contributed by atoms with van der Waals surface area (Å²) >= 11 is 5.12. The van der Waals surface area contributed by atoms with Gasteiger partial charge < -0.3 is 4.89 Å². The maximum absolute atomic E-state index is 11.0. The maximum atomic E-state index is 11.0. The van der Waals surface area contributed by atoms with E-state index in [0.717, 1.165) is 0 Å². The number of hydrogen-bond donors (Lipinski definition) is 1. The summed E-state index contributed by atoms with van der Waals surface area (Å²) in [5, 5.41) is -0.548. The quantitative estimate of drug-likeness (QED) is 0.599. The average Bonchev–Trinajstić information content (AvgIpc) is 1.87. The standard InChI is InChI=1S/C6H12ClO3P.ClH/c1-3-11(9,10)4-5(2)6(7)8;/h5H,3-4H2,1-2H3,(H,9,10);1H. The van der Waals surface area contributed by atoms with E-state index in [9.17, 15) is 9.36 Å². The van der Waals surface area contributed by atoms with Crippen LogP contribution in [0.15, 0.2) is 0 Å². The van der Waals surface area contributed by atoms with E-state index >= 15 is 0 Å². The summed E-state index contributed by atoms with van der Waals surface area (Å²) in [5.41, 5.74) is 0. The molecule has 0 aromatic rings. The zero-order valence-electron chi connectivity index (χ0n) is 6.99. The minimum atomic E-state index is -3.09. The first-order valence-electron chi connectivity index (χ1n) is 3.39. The van der Waals surface area contributed by atoms with Gasteiger partial charge in [-0.1, -0.05) is 13.8 Å². The van der Waals surface area contributed by atoms with Crippen LogP contribution in [0.3, 0.4) is 0 Å². The Labute approximate surface area is 83.4 Å². The van der Waals surface area contributed by atoms with Gasteiger partial charge in [0, 0.05) is 18.2 Å². The summed E-state index contributed by atoms with van der Waals surface area (Å²) < 4.78 is 11.0. The van der Waals surface area contributed by atoms with Gasteiger partial charge in [-0.05, 0) is 11.6 Å². The molecule has 12 heavy (non-hydrogen) atoms. The molecule has 6 heteroatoms. The number of carbonyl (C=O) groups is 1. The Morgan fingerprint density at radius 2 is 2.08 bits per heavy atom. The number of halogens is 2. The average molecular weight is 235 g/mol. The van der Waals surface area contributed by atoms with Crippen LogP contribution in [0.4, 0.5) is 0 Å². The fourth-order valence-electron chi connectivity index (χ4n) is 0.629. The molecule has 0 bridgehead atoms. The van der Waals surface area contributed by atoms with Crippen LogP contribution in [-0.4, -0.2) is 22.5 Å². The number of rotatable bonds is 4. The molecule has 0 heterocycles. The van der Waals surface area contributed by atoms with E-state index in [0.29, 0.717) is 0 Å². The van der Waals surface area contributed by atoms with Gasteiger partial charge in [-0.25, -0.2) is 0 Å². The van der Waals surface area contributed by atoms with Crippen molar-refractivity contribution < 1.29 is 14.3 Å². The van der Waals surface area contributed by atoms with Crippen LogP contribution < -0.4 is 0 Å². The lowest BCUT2D eigenvalue weighted by molar-refractivity contribution is -0.114. The summed E-state index contributed by atoms with van der Waals surface area (Å²) in [5.74, 6) is -0.521. The molecule has 74 valence electrons. The fourth-order valence-corrected chi connectivity index (χ4v) is 2.09. The Morgan fingerprint density at radius 1 is 1.67 bits per heavy atom. The Morgan fingerprint density at radius 3 is 2.33 bits per heavy atom. The highest BCUT2D eigenvalue weighted by Crippen LogP contribution is 2.41. The van der Waals surface area contributed by atoms with Crippen LogP contribution in [-0.2, 0) is 9.36 Å². The third kappa shape index (κ3) is 6.01. The van der Waals surface area contributed by atoms with Crippen molar-refractivity contribution in [2.75, 3.05) is 12.3 Å². The predicted octanol–water partition coefficient (Wildman–Crippen LogP) is 2.10. The molecule has 2 atom stereocenters. The lowest BCUT2D eigenvalue weighted by atomic mass is 10.2. The van der Waals surface area contributed by atoms with Gasteiger partial charge in [-0.3, -0.25) is 9.36 Å². The van der Waals surface area contributed by atoms with E-state index in [1.54, 1.807) is 13.8 Å². The highest BCUT2D eigenvalue weighted by atomic mass is 35.5. The van der Waals surface area contributed by atoms with Crippen LogP contribution in [0, 0.1) is 5.92 Å². The Balaban J connectivity index is 0. The first kappa shape index (κ1) is 14.9. The molecule has 0 aromatic carbocycles. The van der Waals surface area contributed by atoms with E-state index in [1.807, 2.05) is 0 Å². The van der Waals surface area contributed by atoms with Gasteiger partial charge in [0.15, 0.2) is 0 Å². The third-order valence-electron chi connectivity index (χ3n) is 1.44. The Hall–Kier alpha value is 0.440. The van der Waals surface area contributed by atoms with Gasteiger partial charge in [0.1, 0.15) is 0 Å². The maximum Gasteiger partial charge on any atom is 0.224 e. The van der Waals surface area contributed by atoms with E-state index < -0.39 is 18.5 Å². The molecule has 0 spiro atoms. The minimum absolute atomic E-state index is 0. The van der Waals surface area contributed by atoms with Crippen LogP contribution >= 0.6 is 31.4 Å². The van der Waals surface area contributed by atoms with E-state index in [1.165, 1.54) is 0 Å². The van der Waals surface area contributed by atoms with Crippen molar-refractivity contribution in [3.05, 3.63) is 0 Å². The molecule has 0 saturated carbocycles. The summed E-state index contributed by atoms with van der Waals surface area (Å²) in [6.45, 7) is 3.17. The second kappa shape index (κ2) is 5.98. The van der Waals surface area contributed by atoms with Crippen LogP contribution in [0.2, 0.25) is 0 Å². The van der Waals surface area contributed by atoms with Gasteiger partial charge in [0.05, 0.1) is 0 Å². The molecule has 3 nitrogen and oxygen atoms in total. The van der Waals surface area contributed by atoms with Crippen LogP contribution in [0.5, 0.6) is 0 Å². The molecular formula is C6H13Cl2O3P. The van der Waals surface area contributed by atoms with Crippen LogP contribution in [0.25, 0.3) is 0 Å². The van der Waals surface area contributed by atoms with Gasteiger partial charge in [-0.15, -0.1) is 12.4 Å². The second-order valence-electron chi connectivity index (χ2n) is 2.55. The second-order valence-corrected chi connectivity index (χ2v) is 5.61. The first-order chi connectivity index (χ1) is 4.89. The SMILES string of the molecule is CCP(=O)(O)CC(C)C(=O)Cl.Cl. The highest BCUT2D eigenvalue weighted by Gasteiger charge is 2.22. The third-order valence-corrected chi connectivity index (χ3v) is 3.92. The van der Waals surface area contributed by atoms with Crippen molar-refractivity contribution in [1.29, 1.82) is 0 Å². The highest BCUT2D eigenvalue weighted by molar-refractivity contribution is 7.58.